The second-order valence-corrected chi connectivity index (χ2v) is 2.82. The molecule has 1 unspecified atom stereocenters. The Morgan fingerprint density at radius 3 is 2.00 bits per heavy atom. The van der Waals surface area contributed by atoms with Gasteiger partial charge in [-0.05, 0) is 20.3 Å². The highest BCUT2D eigenvalue weighted by atomic mass is 16.2. The Morgan fingerprint density at radius 1 is 1.27 bits per heavy atom. The predicted molar refractivity (Wildman–Crippen MR) is 47.4 cm³/mol. The van der Waals surface area contributed by atoms with E-state index in [2.05, 4.69) is 0 Å². The highest BCUT2D eigenvalue weighted by molar-refractivity contribution is 5.78. The zero-order valence-corrected chi connectivity index (χ0v) is 8.05. The van der Waals surface area contributed by atoms with Crippen LogP contribution in [0.5, 0.6) is 0 Å². The van der Waals surface area contributed by atoms with Crippen LogP contribution in [-0.4, -0.2) is 23.9 Å². The summed E-state index contributed by atoms with van der Waals surface area (Å²) in [5, 5.41) is 0. The molecule has 66 valence electrons. The molecule has 0 aliphatic carbocycles. The molecule has 0 rings (SSSR count). The molecule has 0 aromatic rings. The van der Waals surface area contributed by atoms with Crippen molar-refractivity contribution < 1.29 is 4.79 Å². The molecular weight excluding hydrogens is 138 g/mol. The van der Waals surface area contributed by atoms with Crippen molar-refractivity contribution in [3.8, 4) is 0 Å². The van der Waals surface area contributed by atoms with Crippen LogP contribution in [0.4, 0.5) is 0 Å². The molecule has 0 saturated carbocycles. The molecule has 0 aliphatic rings. The summed E-state index contributed by atoms with van der Waals surface area (Å²) in [6, 6.07) is 0. The lowest BCUT2D eigenvalue weighted by atomic mass is 10.1. The molecule has 0 aromatic heterocycles. The maximum Gasteiger partial charge on any atom is 0.225 e. The van der Waals surface area contributed by atoms with E-state index in [4.69, 9.17) is 0 Å². The van der Waals surface area contributed by atoms with Crippen LogP contribution in [0.25, 0.3) is 0 Å². The zero-order valence-electron chi connectivity index (χ0n) is 8.05. The molecule has 2 nitrogen and oxygen atoms in total. The Bertz CT molecular complexity index is 119. The molecule has 2 heteroatoms. The molecule has 0 radical (unpaired) electrons. The minimum Gasteiger partial charge on any atom is -0.343 e. The van der Waals surface area contributed by atoms with Crippen molar-refractivity contribution in [2.75, 3.05) is 13.1 Å². The van der Waals surface area contributed by atoms with Crippen LogP contribution >= 0.6 is 0 Å². The van der Waals surface area contributed by atoms with E-state index in [1.807, 2.05) is 32.6 Å². The molecule has 11 heavy (non-hydrogen) atoms. The smallest absolute Gasteiger partial charge is 0.225 e. The van der Waals surface area contributed by atoms with E-state index >= 15 is 0 Å². The summed E-state index contributed by atoms with van der Waals surface area (Å²) in [6.07, 6.45) is 0.940. The average molecular weight is 157 g/mol. The lowest BCUT2D eigenvalue weighted by Gasteiger charge is -2.21. The van der Waals surface area contributed by atoms with Crippen molar-refractivity contribution in [2.45, 2.75) is 34.1 Å². The molecule has 0 N–H and O–H groups in total. The monoisotopic (exact) mass is 157 g/mol. The molecule has 0 aromatic carbocycles. The van der Waals surface area contributed by atoms with Crippen molar-refractivity contribution in [1.82, 2.24) is 4.90 Å². The Morgan fingerprint density at radius 2 is 1.73 bits per heavy atom. The van der Waals surface area contributed by atoms with E-state index < -0.39 is 0 Å². The number of hydrogen-bond acceptors (Lipinski definition) is 1. The summed E-state index contributed by atoms with van der Waals surface area (Å²) >= 11 is 0. The second-order valence-electron chi connectivity index (χ2n) is 2.82. The molecule has 0 fully saturated rings. The van der Waals surface area contributed by atoms with Crippen molar-refractivity contribution in [3.63, 3.8) is 0 Å². The van der Waals surface area contributed by atoms with Gasteiger partial charge in [-0.1, -0.05) is 13.8 Å². The van der Waals surface area contributed by atoms with Crippen molar-refractivity contribution >= 4 is 5.91 Å². The van der Waals surface area contributed by atoms with Gasteiger partial charge in [-0.15, -0.1) is 0 Å². The van der Waals surface area contributed by atoms with E-state index in [9.17, 15) is 4.79 Å². The fraction of sp³-hybridized carbons (Fsp3) is 0.889. The van der Waals surface area contributed by atoms with Crippen molar-refractivity contribution in [3.05, 3.63) is 0 Å². The molecule has 1 amide bonds. The van der Waals surface area contributed by atoms with Gasteiger partial charge in [0, 0.05) is 19.0 Å². The highest BCUT2D eigenvalue weighted by Crippen LogP contribution is 2.05. The molecule has 1 atom stereocenters. The van der Waals surface area contributed by atoms with Crippen LogP contribution < -0.4 is 0 Å². The standard InChI is InChI=1S/C9H19NO/c1-5-8(4)9(11)10(6-2)7-3/h8H,5-7H2,1-4H3. The lowest BCUT2D eigenvalue weighted by molar-refractivity contribution is -0.134. The minimum atomic E-state index is 0.190. The summed E-state index contributed by atoms with van der Waals surface area (Å²) in [5.74, 6) is 0.479. The van der Waals surface area contributed by atoms with Crippen LogP contribution in [-0.2, 0) is 4.79 Å². The molecule has 0 aliphatic heterocycles. The number of rotatable bonds is 4. The summed E-state index contributed by atoms with van der Waals surface area (Å²) in [5.41, 5.74) is 0. The number of nitrogens with zero attached hydrogens (tertiary/aromatic N) is 1. The molecular formula is C9H19NO. The Labute approximate surface area is 69.6 Å². The third kappa shape index (κ3) is 2.91. The number of carbonyl (C=O) groups excluding carboxylic acids is 1. The summed E-state index contributed by atoms with van der Waals surface area (Å²) in [7, 11) is 0. The maximum absolute atomic E-state index is 11.5. The van der Waals surface area contributed by atoms with Crippen LogP contribution in [0.1, 0.15) is 34.1 Å². The highest BCUT2D eigenvalue weighted by Gasteiger charge is 2.15. The van der Waals surface area contributed by atoms with Gasteiger partial charge in [-0.3, -0.25) is 4.79 Å². The van der Waals surface area contributed by atoms with Crippen LogP contribution in [0, 0.1) is 5.92 Å². The van der Waals surface area contributed by atoms with E-state index in [0.717, 1.165) is 19.5 Å². The molecule has 0 spiro atoms. The van der Waals surface area contributed by atoms with Gasteiger partial charge in [0.05, 0.1) is 0 Å². The van der Waals surface area contributed by atoms with Gasteiger partial charge in [0.25, 0.3) is 0 Å². The molecule has 0 heterocycles. The topological polar surface area (TPSA) is 20.3 Å². The molecule has 0 saturated heterocycles. The van der Waals surface area contributed by atoms with E-state index in [-0.39, 0.29) is 11.8 Å². The van der Waals surface area contributed by atoms with Gasteiger partial charge >= 0.3 is 0 Å². The maximum atomic E-state index is 11.5. The first-order valence-corrected chi connectivity index (χ1v) is 4.46. The number of carbonyl (C=O) groups is 1. The predicted octanol–water partition coefficient (Wildman–Crippen LogP) is 1.90. The minimum absolute atomic E-state index is 0.190. The zero-order chi connectivity index (χ0) is 8.85. The van der Waals surface area contributed by atoms with Gasteiger partial charge in [-0.25, -0.2) is 0 Å². The Hall–Kier alpha value is -0.530. The first kappa shape index (κ1) is 10.5. The SMILES string of the molecule is CCC(C)C(=O)N(CC)CC. The van der Waals surface area contributed by atoms with Crippen molar-refractivity contribution in [1.29, 1.82) is 0 Å². The van der Waals surface area contributed by atoms with Gasteiger partial charge < -0.3 is 4.90 Å². The lowest BCUT2D eigenvalue weighted by Crippen LogP contribution is -2.34. The number of hydrogen-bond donors (Lipinski definition) is 0. The Balaban J connectivity index is 3.97. The quantitative estimate of drug-likeness (QED) is 0.610. The van der Waals surface area contributed by atoms with Crippen molar-refractivity contribution in [2.24, 2.45) is 5.92 Å². The fourth-order valence-corrected chi connectivity index (χ4v) is 1.02. The summed E-state index contributed by atoms with van der Waals surface area (Å²) in [6.45, 7) is 9.74. The first-order chi connectivity index (χ1) is 5.17. The van der Waals surface area contributed by atoms with Gasteiger partial charge in [0.2, 0.25) is 5.91 Å². The van der Waals surface area contributed by atoms with Crippen LogP contribution in [0.2, 0.25) is 0 Å². The Kier molecular flexibility index (Phi) is 4.92. The van der Waals surface area contributed by atoms with Gasteiger partial charge in [0.1, 0.15) is 0 Å². The first-order valence-electron chi connectivity index (χ1n) is 4.46. The third-order valence-electron chi connectivity index (χ3n) is 2.11. The van der Waals surface area contributed by atoms with Crippen LogP contribution in [0.3, 0.4) is 0 Å². The third-order valence-corrected chi connectivity index (χ3v) is 2.11. The second kappa shape index (κ2) is 5.16. The summed E-state index contributed by atoms with van der Waals surface area (Å²) in [4.78, 5) is 13.3. The van der Waals surface area contributed by atoms with Crippen LogP contribution in [0.15, 0.2) is 0 Å². The average Bonchev–Trinajstić information content (AvgIpc) is 2.05. The molecule has 0 bridgehead atoms. The number of amides is 1. The van der Waals surface area contributed by atoms with E-state index in [0.29, 0.717) is 0 Å². The largest absolute Gasteiger partial charge is 0.343 e. The summed E-state index contributed by atoms with van der Waals surface area (Å²) < 4.78 is 0. The van der Waals surface area contributed by atoms with Gasteiger partial charge in [-0.2, -0.15) is 0 Å². The van der Waals surface area contributed by atoms with Gasteiger partial charge in [0.15, 0.2) is 0 Å². The van der Waals surface area contributed by atoms with E-state index in [1.165, 1.54) is 0 Å². The normalized spacial score (nSPS) is 12.7. The van der Waals surface area contributed by atoms with E-state index in [1.54, 1.807) is 0 Å². The fourth-order valence-electron chi connectivity index (χ4n) is 1.02.